The van der Waals surface area contributed by atoms with Gasteiger partial charge in [-0.05, 0) is 18.8 Å². The van der Waals surface area contributed by atoms with Crippen LogP contribution in [-0.4, -0.2) is 16.6 Å². The van der Waals surface area contributed by atoms with Crippen molar-refractivity contribution in [3.63, 3.8) is 0 Å². The van der Waals surface area contributed by atoms with E-state index in [1.165, 1.54) is 31.9 Å². The van der Waals surface area contributed by atoms with E-state index >= 15 is 0 Å². The van der Waals surface area contributed by atoms with Gasteiger partial charge >= 0.3 is 0 Å². The van der Waals surface area contributed by atoms with Crippen molar-refractivity contribution in [2.75, 3.05) is 12.3 Å². The molecule has 76 valence electrons. The molecule has 1 aromatic heterocycles. The lowest BCUT2D eigenvalue weighted by Gasteiger charge is -2.09. The third-order valence-electron chi connectivity index (χ3n) is 2.57. The molecule has 0 atom stereocenters. The van der Waals surface area contributed by atoms with Gasteiger partial charge in [0.2, 0.25) is 5.88 Å². The van der Waals surface area contributed by atoms with Gasteiger partial charge in [0, 0.05) is 0 Å². The van der Waals surface area contributed by atoms with Crippen LogP contribution in [0.25, 0.3) is 0 Å². The van der Waals surface area contributed by atoms with Crippen LogP contribution in [0, 0.1) is 5.92 Å². The molecule has 0 amide bonds. The van der Waals surface area contributed by atoms with Gasteiger partial charge in [-0.3, -0.25) is 4.98 Å². The summed E-state index contributed by atoms with van der Waals surface area (Å²) >= 11 is 0. The fourth-order valence-electron chi connectivity index (χ4n) is 1.81. The minimum Gasteiger partial charge on any atom is -0.476 e. The summed E-state index contributed by atoms with van der Waals surface area (Å²) in [6.07, 6.45) is 8.33. The van der Waals surface area contributed by atoms with Crippen LogP contribution in [0.3, 0.4) is 0 Å². The average Bonchev–Trinajstić information content (AvgIpc) is 2.67. The fraction of sp³-hybridized carbons (Fsp3) is 0.600. The summed E-state index contributed by atoms with van der Waals surface area (Å²) in [6, 6.07) is 0. The molecule has 1 fully saturated rings. The molecule has 2 rings (SSSR count). The van der Waals surface area contributed by atoms with E-state index in [1.54, 1.807) is 6.20 Å². The van der Waals surface area contributed by atoms with Crippen LogP contribution in [0.2, 0.25) is 0 Å². The van der Waals surface area contributed by atoms with E-state index in [0.717, 1.165) is 6.61 Å². The standard InChI is InChI=1S/C10H15N3O/c11-9-5-12-6-10(13-9)14-7-8-3-1-2-4-8/h5-6,8H,1-4,7H2,(H2,11,13). The lowest BCUT2D eigenvalue weighted by Crippen LogP contribution is -2.09. The lowest BCUT2D eigenvalue weighted by molar-refractivity contribution is 0.243. The zero-order valence-corrected chi connectivity index (χ0v) is 8.15. The highest BCUT2D eigenvalue weighted by atomic mass is 16.5. The Morgan fingerprint density at radius 3 is 2.86 bits per heavy atom. The topological polar surface area (TPSA) is 61.0 Å². The molecule has 4 nitrogen and oxygen atoms in total. The average molecular weight is 193 g/mol. The number of hydrogen-bond acceptors (Lipinski definition) is 4. The van der Waals surface area contributed by atoms with Gasteiger partial charge in [-0.2, -0.15) is 4.98 Å². The second-order valence-corrected chi connectivity index (χ2v) is 3.74. The van der Waals surface area contributed by atoms with Gasteiger partial charge < -0.3 is 10.5 Å². The lowest BCUT2D eigenvalue weighted by atomic mass is 10.1. The predicted molar refractivity (Wildman–Crippen MR) is 53.9 cm³/mol. The molecule has 1 aliphatic rings. The summed E-state index contributed by atoms with van der Waals surface area (Å²) < 4.78 is 5.52. The highest BCUT2D eigenvalue weighted by Crippen LogP contribution is 2.25. The summed E-state index contributed by atoms with van der Waals surface area (Å²) in [7, 11) is 0. The summed E-state index contributed by atoms with van der Waals surface area (Å²) in [6.45, 7) is 0.748. The molecule has 1 aliphatic carbocycles. The molecule has 1 heterocycles. The fourth-order valence-corrected chi connectivity index (χ4v) is 1.81. The van der Waals surface area contributed by atoms with Crippen LogP contribution in [-0.2, 0) is 0 Å². The SMILES string of the molecule is Nc1cncc(OCC2CCCC2)n1. The van der Waals surface area contributed by atoms with Gasteiger partial charge in [-0.1, -0.05) is 12.8 Å². The van der Waals surface area contributed by atoms with E-state index in [1.807, 2.05) is 0 Å². The molecule has 0 saturated heterocycles. The number of hydrogen-bond donors (Lipinski definition) is 1. The van der Waals surface area contributed by atoms with Gasteiger partial charge in [-0.15, -0.1) is 0 Å². The Hall–Kier alpha value is -1.32. The zero-order valence-electron chi connectivity index (χ0n) is 8.15. The van der Waals surface area contributed by atoms with Gasteiger partial charge in [-0.25, -0.2) is 0 Å². The molecule has 0 radical (unpaired) electrons. The molecule has 0 aliphatic heterocycles. The Balaban J connectivity index is 1.85. The molecule has 14 heavy (non-hydrogen) atoms. The minimum absolute atomic E-state index is 0.411. The van der Waals surface area contributed by atoms with Gasteiger partial charge in [0.05, 0.1) is 19.0 Å². The van der Waals surface area contributed by atoms with Crippen LogP contribution in [0.5, 0.6) is 5.88 Å². The van der Waals surface area contributed by atoms with Crippen molar-refractivity contribution in [3.05, 3.63) is 12.4 Å². The summed E-state index contributed by atoms with van der Waals surface area (Å²) in [4.78, 5) is 7.94. The van der Waals surface area contributed by atoms with Crippen LogP contribution >= 0.6 is 0 Å². The van der Waals surface area contributed by atoms with Gasteiger partial charge in [0.15, 0.2) is 0 Å². The molecule has 0 aromatic carbocycles. The number of nitrogens with zero attached hydrogens (tertiary/aromatic N) is 2. The van der Waals surface area contributed by atoms with Crippen molar-refractivity contribution >= 4 is 5.82 Å². The quantitative estimate of drug-likeness (QED) is 0.792. The number of anilines is 1. The Labute approximate surface area is 83.5 Å². The van der Waals surface area contributed by atoms with Crippen LogP contribution in [0.4, 0.5) is 5.82 Å². The Kier molecular flexibility index (Phi) is 2.81. The van der Waals surface area contributed by atoms with Crippen molar-refractivity contribution < 1.29 is 4.74 Å². The molecular weight excluding hydrogens is 178 g/mol. The van der Waals surface area contributed by atoms with Crippen molar-refractivity contribution in [2.45, 2.75) is 25.7 Å². The number of rotatable bonds is 3. The van der Waals surface area contributed by atoms with Crippen LogP contribution < -0.4 is 10.5 Å². The van der Waals surface area contributed by atoms with Crippen LogP contribution in [0.1, 0.15) is 25.7 Å². The van der Waals surface area contributed by atoms with E-state index in [9.17, 15) is 0 Å². The van der Waals surface area contributed by atoms with Crippen molar-refractivity contribution in [1.29, 1.82) is 0 Å². The minimum atomic E-state index is 0.411. The first kappa shape index (κ1) is 9.24. The molecule has 0 spiro atoms. The number of nitrogen functional groups attached to an aromatic ring is 1. The van der Waals surface area contributed by atoms with Crippen molar-refractivity contribution in [2.24, 2.45) is 5.92 Å². The van der Waals surface area contributed by atoms with Crippen molar-refractivity contribution in [1.82, 2.24) is 9.97 Å². The maximum atomic E-state index is 5.52. The highest BCUT2D eigenvalue weighted by Gasteiger charge is 2.15. The zero-order chi connectivity index (χ0) is 9.80. The first-order chi connectivity index (χ1) is 6.84. The van der Waals surface area contributed by atoms with E-state index in [-0.39, 0.29) is 0 Å². The molecule has 0 unspecified atom stereocenters. The molecule has 2 N–H and O–H groups in total. The Morgan fingerprint density at radius 2 is 2.14 bits per heavy atom. The van der Waals surface area contributed by atoms with E-state index in [0.29, 0.717) is 17.6 Å². The molecule has 1 aromatic rings. The molecular formula is C10H15N3O. The molecule has 1 saturated carbocycles. The van der Waals surface area contributed by atoms with E-state index < -0.39 is 0 Å². The van der Waals surface area contributed by atoms with E-state index in [2.05, 4.69) is 9.97 Å². The summed E-state index contributed by atoms with van der Waals surface area (Å²) in [5.41, 5.74) is 5.49. The third kappa shape index (κ3) is 2.34. The molecule has 0 bridgehead atoms. The third-order valence-corrected chi connectivity index (χ3v) is 2.57. The largest absolute Gasteiger partial charge is 0.476 e. The number of nitrogens with two attached hydrogens (primary N) is 1. The number of aromatic nitrogens is 2. The normalized spacial score (nSPS) is 17.1. The first-order valence-electron chi connectivity index (χ1n) is 5.05. The van der Waals surface area contributed by atoms with Gasteiger partial charge in [0.25, 0.3) is 0 Å². The van der Waals surface area contributed by atoms with Gasteiger partial charge in [0.1, 0.15) is 5.82 Å². The second kappa shape index (κ2) is 4.26. The monoisotopic (exact) mass is 193 g/mol. The highest BCUT2D eigenvalue weighted by molar-refractivity contribution is 5.25. The first-order valence-corrected chi connectivity index (χ1v) is 5.05. The summed E-state index contributed by atoms with van der Waals surface area (Å²) in [5, 5.41) is 0. The molecule has 4 heteroatoms. The van der Waals surface area contributed by atoms with Crippen molar-refractivity contribution in [3.8, 4) is 5.88 Å². The smallest absolute Gasteiger partial charge is 0.234 e. The maximum Gasteiger partial charge on any atom is 0.234 e. The van der Waals surface area contributed by atoms with Crippen LogP contribution in [0.15, 0.2) is 12.4 Å². The van der Waals surface area contributed by atoms with E-state index in [4.69, 9.17) is 10.5 Å². The number of ether oxygens (including phenoxy) is 1. The Bertz CT molecular complexity index is 297. The second-order valence-electron chi connectivity index (χ2n) is 3.74. The predicted octanol–water partition coefficient (Wildman–Crippen LogP) is 1.63. The Morgan fingerprint density at radius 1 is 1.36 bits per heavy atom. The maximum absolute atomic E-state index is 5.52. The summed E-state index contributed by atoms with van der Waals surface area (Å²) in [5.74, 6) is 1.64.